The molecule has 0 bridgehead atoms. The zero-order valence-electron chi connectivity index (χ0n) is 14.6. The number of nitrogens with zero attached hydrogens (tertiary/aromatic N) is 2. The molecule has 3 aromatic rings. The van der Waals surface area contributed by atoms with Crippen LogP contribution in [0.2, 0.25) is 0 Å². The predicted molar refractivity (Wildman–Crippen MR) is 99.8 cm³/mol. The van der Waals surface area contributed by atoms with E-state index in [-0.39, 0.29) is 10.7 Å². The topological polar surface area (TPSA) is 80.9 Å². The quantitative estimate of drug-likeness (QED) is 0.670. The van der Waals surface area contributed by atoms with Gasteiger partial charge < -0.3 is 11.1 Å². The molecule has 27 heavy (non-hydrogen) atoms. The number of nitrogens with two attached hydrogens (primary N) is 1. The van der Waals surface area contributed by atoms with Crippen LogP contribution in [0.5, 0.6) is 0 Å². The Bertz CT molecular complexity index is 981. The van der Waals surface area contributed by atoms with Gasteiger partial charge in [-0.2, -0.15) is 13.2 Å². The molecule has 3 rings (SSSR count). The second kappa shape index (κ2) is 7.15. The molecular weight excluding hydrogens is 377 g/mol. The second-order valence-electron chi connectivity index (χ2n) is 6.48. The van der Waals surface area contributed by atoms with Gasteiger partial charge in [-0.15, -0.1) is 11.3 Å². The molecule has 0 radical (unpaired) electrons. The van der Waals surface area contributed by atoms with Crippen molar-refractivity contribution in [3.8, 4) is 0 Å². The molecule has 0 aliphatic carbocycles. The lowest BCUT2D eigenvalue weighted by Crippen LogP contribution is -2.13. The number of anilines is 2. The number of amides is 1. The number of alkyl halides is 3. The van der Waals surface area contributed by atoms with Crippen molar-refractivity contribution in [2.75, 3.05) is 11.1 Å². The van der Waals surface area contributed by atoms with Gasteiger partial charge in [-0.05, 0) is 36.6 Å². The summed E-state index contributed by atoms with van der Waals surface area (Å²) >= 11 is 1.14. The number of carbonyl (C=O) groups excluding carboxylic acids is 1. The van der Waals surface area contributed by atoms with Gasteiger partial charge in [0.25, 0.3) is 5.91 Å². The molecule has 3 aromatic heterocycles. The Balaban J connectivity index is 1.84. The van der Waals surface area contributed by atoms with Gasteiger partial charge in [0, 0.05) is 17.3 Å². The van der Waals surface area contributed by atoms with Gasteiger partial charge >= 0.3 is 6.18 Å². The molecule has 0 fully saturated rings. The molecule has 1 amide bonds. The first-order valence-electron chi connectivity index (χ1n) is 8.17. The van der Waals surface area contributed by atoms with Crippen molar-refractivity contribution in [3.63, 3.8) is 0 Å². The Hall–Kier alpha value is -2.68. The molecule has 0 aromatic carbocycles. The molecule has 0 aliphatic heterocycles. The summed E-state index contributed by atoms with van der Waals surface area (Å²) in [4.78, 5) is 21.6. The summed E-state index contributed by atoms with van der Waals surface area (Å²) in [5.74, 6) is -0.0766. The van der Waals surface area contributed by atoms with Crippen LogP contribution in [0.4, 0.5) is 24.7 Å². The first kappa shape index (κ1) is 19.1. The van der Waals surface area contributed by atoms with E-state index in [9.17, 15) is 18.0 Å². The maximum atomic E-state index is 12.6. The van der Waals surface area contributed by atoms with E-state index >= 15 is 0 Å². The number of aromatic nitrogens is 2. The molecular formula is C18H17F3N4OS. The molecule has 142 valence electrons. The van der Waals surface area contributed by atoms with Crippen molar-refractivity contribution >= 4 is 39.0 Å². The van der Waals surface area contributed by atoms with Crippen molar-refractivity contribution in [2.24, 2.45) is 5.92 Å². The summed E-state index contributed by atoms with van der Waals surface area (Å²) in [5.41, 5.74) is 6.39. The summed E-state index contributed by atoms with van der Waals surface area (Å²) in [6.45, 7) is 4.18. The lowest BCUT2D eigenvalue weighted by Gasteiger charge is -2.07. The number of hydrogen-bond acceptors (Lipinski definition) is 5. The highest BCUT2D eigenvalue weighted by Gasteiger charge is 2.30. The van der Waals surface area contributed by atoms with E-state index in [1.807, 2.05) is 12.1 Å². The van der Waals surface area contributed by atoms with Crippen LogP contribution in [0.1, 0.15) is 34.8 Å². The third-order valence-corrected chi connectivity index (χ3v) is 4.92. The average molecular weight is 394 g/mol. The Labute approximate surface area is 157 Å². The number of fused-ring (bicyclic) bond motifs is 1. The lowest BCUT2D eigenvalue weighted by atomic mass is 10.1. The molecule has 0 unspecified atom stereocenters. The minimum Gasteiger partial charge on any atom is -0.397 e. The third-order valence-electron chi connectivity index (χ3n) is 3.81. The van der Waals surface area contributed by atoms with Gasteiger partial charge in [-0.3, -0.25) is 4.79 Å². The SMILES string of the molecule is CC(C)Cc1ccc2c(N)c(C(=O)Nc3ccc(C(F)(F)F)cn3)sc2n1. The van der Waals surface area contributed by atoms with E-state index in [2.05, 4.69) is 29.1 Å². The zero-order chi connectivity index (χ0) is 19.8. The minimum absolute atomic E-state index is 0.0123. The van der Waals surface area contributed by atoms with E-state index in [1.54, 1.807) is 0 Å². The summed E-state index contributed by atoms with van der Waals surface area (Å²) in [5, 5.41) is 3.15. The van der Waals surface area contributed by atoms with Gasteiger partial charge in [-0.1, -0.05) is 13.8 Å². The van der Waals surface area contributed by atoms with E-state index in [0.717, 1.165) is 35.6 Å². The van der Waals surface area contributed by atoms with Crippen molar-refractivity contribution < 1.29 is 18.0 Å². The number of hydrogen-bond donors (Lipinski definition) is 2. The first-order valence-corrected chi connectivity index (χ1v) is 8.99. The number of halogens is 3. The highest BCUT2D eigenvalue weighted by atomic mass is 32.1. The van der Waals surface area contributed by atoms with Crippen molar-refractivity contribution in [3.05, 3.63) is 46.6 Å². The number of rotatable bonds is 4. The number of nitrogens with one attached hydrogen (secondary N) is 1. The van der Waals surface area contributed by atoms with Crippen molar-refractivity contribution in [1.29, 1.82) is 0 Å². The van der Waals surface area contributed by atoms with Crippen LogP contribution in [0, 0.1) is 5.92 Å². The van der Waals surface area contributed by atoms with Gasteiger partial charge in [0.15, 0.2) is 0 Å². The van der Waals surface area contributed by atoms with Crippen molar-refractivity contribution in [2.45, 2.75) is 26.4 Å². The third kappa shape index (κ3) is 4.19. The highest BCUT2D eigenvalue weighted by Crippen LogP contribution is 2.33. The molecule has 9 heteroatoms. The van der Waals surface area contributed by atoms with Crippen LogP contribution < -0.4 is 11.1 Å². The molecule has 0 saturated carbocycles. The lowest BCUT2D eigenvalue weighted by molar-refractivity contribution is -0.137. The standard InChI is InChI=1S/C18H17F3N4OS/c1-9(2)7-11-4-5-12-14(22)15(27-17(12)24-11)16(26)25-13-6-3-10(8-23-13)18(19,20)21/h3-6,8-9H,7,22H2,1-2H3,(H,23,25,26). The smallest absolute Gasteiger partial charge is 0.397 e. The summed E-state index contributed by atoms with van der Waals surface area (Å²) in [6.07, 6.45) is -3.00. The van der Waals surface area contributed by atoms with Crippen LogP contribution in [-0.2, 0) is 12.6 Å². The fourth-order valence-corrected chi connectivity index (χ4v) is 3.55. The van der Waals surface area contributed by atoms with Gasteiger partial charge in [-0.25, -0.2) is 9.97 Å². The summed E-state index contributed by atoms with van der Waals surface area (Å²) in [7, 11) is 0. The Morgan fingerprint density at radius 3 is 2.59 bits per heavy atom. The fourth-order valence-electron chi connectivity index (χ4n) is 2.54. The van der Waals surface area contributed by atoms with Crippen LogP contribution in [0.25, 0.3) is 10.2 Å². The highest BCUT2D eigenvalue weighted by molar-refractivity contribution is 7.21. The van der Waals surface area contributed by atoms with Crippen LogP contribution in [-0.4, -0.2) is 15.9 Å². The van der Waals surface area contributed by atoms with Gasteiger partial charge in [0.2, 0.25) is 0 Å². The zero-order valence-corrected chi connectivity index (χ0v) is 15.4. The van der Waals surface area contributed by atoms with E-state index < -0.39 is 17.6 Å². The molecule has 3 heterocycles. The first-order chi connectivity index (χ1) is 12.6. The Kier molecular flexibility index (Phi) is 5.05. The van der Waals surface area contributed by atoms with E-state index in [4.69, 9.17) is 5.73 Å². The maximum Gasteiger partial charge on any atom is 0.417 e. The van der Waals surface area contributed by atoms with Crippen LogP contribution >= 0.6 is 11.3 Å². The van der Waals surface area contributed by atoms with Crippen LogP contribution in [0.15, 0.2) is 30.5 Å². The van der Waals surface area contributed by atoms with Gasteiger partial charge in [0.1, 0.15) is 15.5 Å². The molecule has 5 nitrogen and oxygen atoms in total. The minimum atomic E-state index is -4.48. The number of carbonyl (C=O) groups is 1. The number of thiophene rings is 1. The van der Waals surface area contributed by atoms with Crippen LogP contribution in [0.3, 0.4) is 0 Å². The number of nitrogen functional groups attached to an aromatic ring is 1. The molecule has 0 spiro atoms. The second-order valence-corrected chi connectivity index (χ2v) is 7.48. The Morgan fingerprint density at radius 2 is 2.00 bits per heavy atom. The predicted octanol–water partition coefficient (Wildman–Crippen LogP) is 4.74. The maximum absolute atomic E-state index is 12.6. The Morgan fingerprint density at radius 1 is 1.26 bits per heavy atom. The molecule has 0 atom stereocenters. The van der Waals surface area contributed by atoms with Crippen molar-refractivity contribution in [1.82, 2.24) is 9.97 Å². The average Bonchev–Trinajstić information content (AvgIpc) is 2.90. The molecule has 0 saturated heterocycles. The largest absolute Gasteiger partial charge is 0.417 e. The summed E-state index contributed by atoms with van der Waals surface area (Å²) < 4.78 is 37.7. The van der Waals surface area contributed by atoms with E-state index in [0.29, 0.717) is 28.0 Å². The monoisotopic (exact) mass is 394 g/mol. The molecule has 3 N–H and O–H groups in total. The number of pyridine rings is 2. The normalized spacial score (nSPS) is 11.9. The fraction of sp³-hybridized carbons (Fsp3) is 0.278. The summed E-state index contributed by atoms with van der Waals surface area (Å²) in [6, 6.07) is 5.67. The van der Waals surface area contributed by atoms with Gasteiger partial charge in [0.05, 0.1) is 11.3 Å². The molecule has 0 aliphatic rings. The van der Waals surface area contributed by atoms with E-state index in [1.165, 1.54) is 0 Å².